The predicted molar refractivity (Wildman–Crippen MR) is 126 cm³/mol. The van der Waals surface area contributed by atoms with E-state index in [0.29, 0.717) is 29.3 Å². The van der Waals surface area contributed by atoms with E-state index in [4.69, 9.17) is 17.0 Å². The molecule has 2 aliphatic rings. The van der Waals surface area contributed by atoms with E-state index in [1.54, 1.807) is 30.3 Å². The molecule has 2 saturated heterocycles. The molecule has 4 rings (SSSR count). The summed E-state index contributed by atoms with van der Waals surface area (Å²) in [6.45, 7) is 5.82. The number of hydrogen-bond acceptors (Lipinski definition) is 5. The van der Waals surface area contributed by atoms with Gasteiger partial charge in [-0.15, -0.1) is 0 Å². The normalized spacial score (nSPS) is 17.8. The van der Waals surface area contributed by atoms with Crippen molar-refractivity contribution in [1.29, 1.82) is 0 Å². The molecule has 0 bridgehead atoms. The zero-order chi connectivity index (χ0) is 22.8. The number of nitrogens with one attached hydrogen (secondary N) is 1. The fourth-order valence-electron chi connectivity index (χ4n) is 3.96. The lowest BCUT2D eigenvalue weighted by atomic mass is 10.0. The van der Waals surface area contributed by atoms with E-state index in [2.05, 4.69) is 5.32 Å². The Kier molecular flexibility index (Phi) is 6.23. The monoisotopic (exact) mass is 453 g/mol. The van der Waals surface area contributed by atoms with Crippen molar-refractivity contribution < 1.29 is 18.7 Å². The highest BCUT2D eigenvalue weighted by Crippen LogP contribution is 2.30. The topological polar surface area (TPSA) is 61.9 Å². The van der Waals surface area contributed by atoms with Gasteiger partial charge in [0.05, 0.1) is 18.0 Å². The maximum atomic E-state index is 14.8. The smallest absolute Gasteiger partial charge is 0.270 e. The summed E-state index contributed by atoms with van der Waals surface area (Å²) in [5, 5.41) is 2.54. The van der Waals surface area contributed by atoms with E-state index in [9.17, 15) is 14.0 Å². The minimum Gasteiger partial charge on any atom is -0.494 e. The predicted octanol–water partition coefficient (Wildman–Crippen LogP) is 3.96. The maximum Gasteiger partial charge on any atom is 0.270 e. The van der Waals surface area contributed by atoms with Crippen molar-refractivity contribution in [2.75, 3.05) is 29.5 Å². The van der Waals surface area contributed by atoms with Gasteiger partial charge in [-0.1, -0.05) is 6.07 Å². The lowest BCUT2D eigenvalue weighted by molar-refractivity contribution is -0.122. The molecule has 6 nitrogen and oxygen atoms in total. The van der Waals surface area contributed by atoms with Gasteiger partial charge in [0.25, 0.3) is 11.8 Å². The number of benzene rings is 2. The Hall–Kier alpha value is -3.26. The Morgan fingerprint density at radius 3 is 2.66 bits per heavy atom. The molecule has 2 amide bonds. The van der Waals surface area contributed by atoms with Crippen molar-refractivity contribution in [2.24, 2.45) is 0 Å². The van der Waals surface area contributed by atoms with Crippen LogP contribution in [0.3, 0.4) is 0 Å². The Bertz CT molecular complexity index is 1130. The molecular weight excluding hydrogens is 429 g/mol. The van der Waals surface area contributed by atoms with E-state index in [0.717, 1.165) is 31.5 Å². The number of aryl methyl sites for hydroxylation is 1. The second kappa shape index (κ2) is 9.08. The van der Waals surface area contributed by atoms with E-state index in [1.807, 2.05) is 18.7 Å². The molecule has 0 atom stereocenters. The third-order valence-electron chi connectivity index (χ3n) is 5.57. The number of rotatable bonds is 5. The Balaban J connectivity index is 1.69. The van der Waals surface area contributed by atoms with Crippen LogP contribution >= 0.6 is 12.2 Å². The lowest BCUT2D eigenvalue weighted by Gasteiger charge is -2.29. The van der Waals surface area contributed by atoms with Crippen LogP contribution in [0.25, 0.3) is 6.08 Å². The van der Waals surface area contributed by atoms with Gasteiger partial charge < -0.3 is 9.64 Å². The zero-order valence-corrected chi connectivity index (χ0v) is 18.8. The van der Waals surface area contributed by atoms with Crippen LogP contribution in [0.5, 0.6) is 5.75 Å². The number of thiocarbonyl (C=S) groups is 1. The van der Waals surface area contributed by atoms with Crippen LogP contribution < -0.4 is 19.9 Å². The molecule has 8 heteroatoms. The second-order valence-corrected chi connectivity index (χ2v) is 8.13. The lowest BCUT2D eigenvalue weighted by Crippen LogP contribution is -2.54. The van der Waals surface area contributed by atoms with Crippen molar-refractivity contribution in [1.82, 2.24) is 5.32 Å². The quantitative estimate of drug-likeness (QED) is 0.422. The first-order chi connectivity index (χ1) is 15.4. The van der Waals surface area contributed by atoms with Gasteiger partial charge in [0.1, 0.15) is 17.1 Å². The number of anilines is 2. The van der Waals surface area contributed by atoms with Crippen LogP contribution in [0.1, 0.15) is 30.9 Å². The van der Waals surface area contributed by atoms with Crippen LogP contribution in [0, 0.1) is 12.7 Å². The van der Waals surface area contributed by atoms with Gasteiger partial charge in [-0.3, -0.25) is 19.8 Å². The highest BCUT2D eigenvalue weighted by atomic mass is 32.1. The summed E-state index contributed by atoms with van der Waals surface area (Å²) >= 11 is 5.25. The van der Waals surface area contributed by atoms with Gasteiger partial charge in [0, 0.05) is 19.2 Å². The summed E-state index contributed by atoms with van der Waals surface area (Å²) < 4.78 is 20.4. The SMILES string of the molecule is CCOc1cccc(N2C(=O)C(=Cc3cc(F)c(N4CCCC4)cc3C)C(=O)NC2=S)c1. The zero-order valence-electron chi connectivity index (χ0n) is 18.0. The molecule has 0 saturated carbocycles. The van der Waals surface area contributed by atoms with Crippen molar-refractivity contribution >= 4 is 46.6 Å². The van der Waals surface area contributed by atoms with Gasteiger partial charge in [-0.25, -0.2) is 4.39 Å². The molecule has 32 heavy (non-hydrogen) atoms. The average molecular weight is 454 g/mol. The molecule has 0 spiro atoms. The molecule has 2 aliphatic heterocycles. The fourth-order valence-corrected chi connectivity index (χ4v) is 4.25. The Morgan fingerprint density at radius 2 is 1.94 bits per heavy atom. The summed E-state index contributed by atoms with van der Waals surface area (Å²) in [5.41, 5.74) is 2.16. The number of amides is 2. The van der Waals surface area contributed by atoms with Gasteiger partial charge in [0.15, 0.2) is 5.11 Å². The first-order valence-corrected chi connectivity index (χ1v) is 11.0. The minimum absolute atomic E-state index is 0.0157. The van der Waals surface area contributed by atoms with Crippen LogP contribution in [-0.2, 0) is 9.59 Å². The molecule has 2 heterocycles. The van der Waals surface area contributed by atoms with E-state index < -0.39 is 11.8 Å². The van der Waals surface area contributed by atoms with E-state index in [1.165, 1.54) is 17.0 Å². The molecule has 0 aliphatic carbocycles. The molecule has 2 aromatic rings. The molecule has 166 valence electrons. The first-order valence-electron chi connectivity index (χ1n) is 10.6. The Morgan fingerprint density at radius 1 is 1.19 bits per heavy atom. The second-order valence-electron chi connectivity index (χ2n) is 7.74. The molecule has 2 fully saturated rings. The van der Waals surface area contributed by atoms with Gasteiger partial charge in [-0.2, -0.15) is 0 Å². The largest absolute Gasteiger partial charge is 0.494 e. The molecule has 2 aromatic carbocycles. The molecule has 0 unspecified atom stereocenters. The van der Waals surface area contributed by atoms with E-state index >= 15 is 0 Å². The van der Waals surface area contributed by atoms with Crippen molar-refractivity contribution in [2.45, 2.75) is 26.7 Å². The minimum atomic E-state index is -0.611. The molecule has 0 radical (unpaired) electrons. The van der Waals surface area contributed by atoms with E-state index in [-0.39, 0.29) is 16.5 Å². The van der Waals surface area contributed by atoms with Crippen LogP contribution in [-0.4, -0.2) is 36.6 Å². The van der Waals surface area contributed by atoms with Crippen molar-refractivity contribution in [3.05, 3.63) is 58.9 Å². The third-order valence-corrected chi connectivity index (χ3v) is 5.86. The summed E-state index contributed by atoms with van der Waals surface area (Å²) in [6.07, 6.45) is 3.50. The molecular formula is C24H24FN3O3S. The summed E-state index contributed by atoms with van der Waals surface area (Å²) in [6, 6.07) is 10.0. The number of carbonyl (C=O) groups excluding carboxylic acids is 2. The highest BCUT2D eigenvalue weighted by molar-refractivity contribution is 7.80. The van der Waals surface area contributed by atoms with Gasteiger partial charge >= 0.3 is 0 Å². The standard InChI is InChI=1S/C24H24FN3O3S/c1-3-31-18-8-6-7-17(14-18)28-23(30)19(22(29)26-24(28)32)12-16-13-20(25)21(11-15(16)2)27-9-4-5-10-27/h6-8,11-14H,3-5,9-10H2,1-2H3,(H,26,29,32). The summed E-state index contributed by atoms with van der Waals surface area (Å²) in [4.78, 5) is 29.1. The van der Waals surface area contributed by atoms with Crippen LogP contribution in [0.2, 0.25) is 0 Å². The average Bonchev–Trinajstić information content (AvgIpc) is 3.28. The summed E-state index contributed by atoms with van der Waals surface area (Å²) in [5.74, 6) is -0.972. The fraction of sp³-hybridized carbons (Fsp3) is 0.292. The highest BCUT2D eigenvalue weighted by Gasteiger charge is 2.35. The van der Waals surface area contributed by atoms with Crippen molar-refractivity contribution in [3.8, 4) is 5.75 Å². The molecule has 0 aromatic heterocycles. The van der Waals surface area contributed by atoms with Crippen LogP contribution in [0.15, 0.2) is 42.0 Å². The van der Waals surface area contributed by atoms with Crippen molar-refractivity contribution in [3.63, 3.8) is 0 Å². The Labute approximate surface area is 191 Å². The number of carbonyl (C=O) groups is 2. The number of halogens is 1. The van der Waals surface area contributed by atoms with Crippen LogP contribution in [0.4, 0.5) is 15.8 Å². The maximum absolute atomic E-state index is 14.8. The number of ether oxygens (including phenoxy) is 1. The van der Waals surface area contributed by atoms with Gasteiger partial charge in [0.2, 0.25) is 0 Å². The first kappa shape index (κ1) is 22.0. The number of hydrogen-bond donors (Lipinski definition) is 1. The number of nitrogens with zero attached hydrogens (tertiary/aromatic N) is 2. The summed E-state index contributed by atoms with van der Waals surface area (Å²) in [7, 11) is 0. The molecule has 1 N–H and O–H groups in total. The van der Waals surface area contributed by atoms with Gasteiger partial charge in [-0.05, 0) is 80.4 Å². The third kappa shape index (κ3) is 4.23.